The van der Waals surface area contributed by atoms with E-state index in [0.29, 0.717) is 16.4 Å². The molecule has 1 aromatic heterocycles. The molecule has 0 saturated heterocycles. The molecule has 1 aliphatic carbocycles. The van der Waals surface area contributed by atoms with E-state index in [9.17, 15) is 10.1 Å². The van der Waals surface area contributed by atoms with E-state index in [2.05, 4.69) is 5.10 Å². The summed E-state index contributed by atoms with van der Waals surface area (Å²) in [6.45, 7) is 0. The van der Waals surface area contributed by atoms with E-state index in [1.54, 1.807) is 24.3 Å². The van der Waals surface area contributed by atoms with Crippen LogP contribution in [-0.4, -0.2) is 14.7 Å². The first-order valence-electron chi connectivity index (χ1n) is 6.76. The van der Waals surface area contributed by atoms with Gasteiger partial charge >= 0.3 is 5.69 Å². The molecule has 0 bridgehead atoms. The van der Waals surface area contributed by atoms with Crippen molar-refractivity contribution in [3.63, 3.8) is 0 Å². The molecule has 7 heteroatoms. The Morgan fingerprint density at radius 1 is 1.29 bits per heavy atom. The van der Waals surface area contributed by atoms with E-state index >= 15 is 0 Å². The lowest BCUT2D eigenvalue weighted by molar-refractivity contribution is -0.385. The van der Waals surface area contributed by atoms with Gasteiger partial charge in [0.25, 0.3) is 0 Å². The molecular weight excluding hydrogens is 313 g/mol. The second kappa shape index (κ2) is 5.66. The Kier molecular flexibility index (Phi) is 3.87. The van der Waals surface area contributed by atoms with E-state index in [-0.39, 0.29) is 16.8 Å². The van der Waals surface area contributed by atoms with Crippen LogP contribution >= 0.6 is 23.2 Å². The second-order valence-electron chi connectivity index (χ2n) is 5.15. The van der Waals surface area contributed by atoms with Gasteiger partial charge in [0, 0.05) is 10.9 Å². The minimum atomic E-state index is -0.440. The summed E-state index contributed by atoms with van der Waals surface area (Å²) >= 11 is 12.2. The first-order valence-corrected chi connectivity index (χ1v) is 7.52. The number of nitrogens with zero attached hydrogens (tertiary/aromatic N) is 3. The molecule has 1 saturated carbocycles. The molecule has 0 aliphatic heterocycles. The molecule has 1 fully saturated rings. The highest BCUT2D eigenvalue weighted by Gasteiger charge is 2.33. The van der Waals surface area contributed by atoms with Crippen LogP contribution in [0.2, 0.25) is 10.2 Å². The molecule has 110 valence electrons. The predicted octanol–water partition coefficient (Wildman–Crippen LogP) is 4.74. The van der Waals surface area contributed by atoms with Crippen LogP contribution in [0.3, 0.4) is 0 Å². The van der Waals surface area contributed by atoms with Gasteiger partial charge < -0.3 is 0 Å². The van der Waals surface area contributed by atoms with Gasteiger partial charge in [0.05, 0.1) is 10.6 Å². The molecule has 1 aromatic carbocycles. The molecular formula is C14H13Cl2N3O2. The van der Waals surface area contributed by atoms with Crippen LogP contribution in [-0.2, 0) is 0 Å². The van der Waals surface area contributed by atoms with Gasteiger partial charge in [0.1, 0.15) is 5.69 Å². The second-order valence-corrected chi connectivity index (χ2v) is 5.95. The molecule has 5 nitrogen and oxygen atoms in total. The SMILES string of the molecule is O=[N+]([O-])c1c(C2CCCC2)nn(-c2cccc(Cl)c2)c1Cl. The van der Waals surface area contributed by atoms with Gasteiger partial charge in [-0.2, -0.15) is 5.10 Å². The van der Waals surface area contributed by atoms with Crippen molar-refractivity contribution in [3.05, 3.63) is 50.2 Å². The Bertz CT molecular complexity index is 694. The highest BCUT2D eigenvalue weighted by molar-refractivity contribution is 6.32. The number of aromatic nitrogens is 2. The van der Waals surface area contributed by atoms with Crippen LogP contribution < -0.4 is 0 Å². The van der Waals surface area contributed by atoms with Crippen LogP contribution in [0.5, 0.6) is 0 Å². The van der Waals surface area contributed by atoms with Crippen molar-refractivity contribution in [2.75, 3.05) is 0 Å². The highest BCUT2D eigenvalue weighted by atomic mass is 35.5. The third kappa shape index (κ3) is 2.63. The summed E-state index contributed by atoms with van der Waals surface area (Å²) in [6.07, 6.45) is 3.99. The summed E-state index contributed by atoms with van der Waals surface area (Å²) in [6, 6.07) is 6.95. The van der Waals surface area contributed by atoms with Crippen molar-refractivity contribution in [1.29, 1.82) is 0 Å². The molecule has 1 aliphatic rings. The van der Waals surface area contributed by atoms with Gasteiger partial charge in [-0.15, -0.1) is 0 Å². The first-order chi connectivity index (χ1) is 10.1. The average molecular weight is 326 g/mol. The van der Waals surface area contributed by atoms with Gasteiger partial charge in [-0.05, 0) is 31.0 Å². The van der Waals surface area contributed by atoms with E-state index in [4.69, 9.17) is 23.2 Å². The van der Waals surface area contributed by atoms with E-state index in [0.717, 1.165) is 25.7 Å². The molecule has 2 aromatic rings. The lowest BCUT2D eigenvalue weighted by atomic mass is 10.0. The molecule has 0 N–H and O–H groups in total. The maximum atomic E-state index is 11.4. The van der Waals surface area contributed by atoms with Crippen LogP contribution in [0.15, 0.2) is 24.3 Å². The summed E-state index contributed by atoms with van der Waals surface area (Å²) in [5.74, 6) is 0.114. The third-order valence-electron chi connectivity index (χ3n) is 3.81. The number of hydrogen-bond acceptors (Lipinski definition) is 3. The summed E-state index contributed by atoms with van der Waals surface area (Å²) in [5.41, 5.74) is 1.03. The zero-order chi connectivity index (χ0) is 15.0. The van der Waals surface area contributed by atoms with Crippen molar-refractivity contribution in [2.24, 2.45) is 0 Å². The summed E-state index contributed by atoms with van der Waals surface area (Å²) in [5, 5.41) is 16.3. The molecule has 1 heterocycles. The fourth-order valence-corrected chi connectivity index (χ4v) is 3.31. The van der Waals surface area contributed by atoms with Crippen LogP contribution in [0.4, 0.5) is 5.69 Å². The van der Waals surface area contributed by atoms with E-state index in [1.165, 1.54) is 4.68 Å². The Hall–Kier alpha value is -1.59. The summed E-state index contributed by atoms with van der Waals surface area (Å²) < 4.78 is 1.40. The summed E-state index contributed by atoms with van der Waals surface area (Å²) in [4.78, 5) is 10.9. The van der Waals surface area contributed by atoms with Crippen molar-refractivity contribution in [3.8, 4) is 5.69 Å². The molecule has 0 spiro atoms. The zero-order valence-corrected chi connectivity index (χ0v) is 12.6. The Balaban J connectivity index is 2.14. The van der Waals surface area contributed by atoms with Crippen molar-refractivity contribution in [2.45, 2.75) is 31.6 Å². The van der Waals surface area contributed by atoms with Gasteiger partial charge in [-0.1, -0.05) is 42.1 Å². The van der Waals surface area contributed by atoms with Gasteiger partial charge in [0.2, 0.25) is 5.15 Å². The number of hydrogen-bond donors (Lipinski definition) is 0. The van der Waals surface area contributed by atoms with Gasteiger partial charge in [0.15, 0.2) is 0 Å². The molecule has 0 radical (unpaired) electrons. The topological polar surface area (TPSA) is 61.0 Å². The zero-order valence-electron chi connectivity index (χ0n) is 11.1. The minimum Gasteiger partial charge on any atom is -0.258 e. The Morgan fingerprint density at radius 2 is 2.00 bits per heavy atom. The lowest BCUT2D eigenvalue weighted by Crippen LogP contribution is -2.00. The quantitative estimate of drug-likeness (QED) is 0.604. The molecule has 21 heavy (non-hydrogen) atoms. The van der Waals surface area contributed by atoms with Crippen molar-refractivity contribution in [1.82, 2.24) is 9.78 Å². The maximum Gasteiger partial charge on any atom is 0.329 e. The maximum absolute atomic E-state index is 11.4. The van der Waals surface area contributed by atoms with E-state index in [1.807, 2.05) is 0 Å². The minimum absolute atomic E-state index is 0.0316. The van der Waals surface area contributed by atoms with Crippen LogP contribution in [0.1, 0.15) is 37.3 Å². The van der Waals surface area contributed by atoms with Crippen LogP contribution in [0.25, 0.3) is 5.69 Å². The molecule has 0 atom stereocenters. The fraction of sp³-hybridized carbons (Fsp3) is 0.357. The predicted molar refractivity (Wildman–Crippen MR) is 81.4 cm³/mol. The van der Waals surface area contributed by atoms with Gasteiger partial charge in [-0.3, -0.25) is 10.1 Å². The first kappa shape index (κ1) is 14.4. The average Bonchev–Trinajstić information content (AvgIpc) is 3.05. The summed E-state index contributed by atoms with van der Waals surface area (Å²) in [7, 11) is 0. The van der Waals surface area contributed by atoms with Crippen molar-refractivity contribution < 1.29 is 4.92 Å². The van der Waals surface area contributed by atoms with E-state index < -0.39 is 4.92 Å². The standard InChI is InChI=1S/C14H13Cl2N3O2/c15-10-6-3-7-11(8-10)18-14(16)13(19(20)21)12(17-18)9-4-1-2-5-9/h3,6-9H,1-2,4-5H2. The highest BCUT2D eigenvalue weighted by Crippen LogP contribution is 2.41. The lowest BCUT2D eigenvalue weighted by Gasteiger charge is -2.04. The van der Waals surface area contributed by atoms with Crippen LogP contribution in [0, 0.1) is 10.1 Å². The molecule has 0 amide bonds. The monoisotopic (exact) mass is 325 g/mol. The number of rotatable bonds is 3. The molecule has 0 unspecified atom stereocenters. The number of benzene rings is 1. The van der Waals surface area contributed by atoms with Crippen molar-refractivity contribution >= 4 is 28.9 Å². The smallest absolute Gasteiger partial charge is 0.258 e. The number of nitro groups is 1. The number of halogens is 2. The molecule has 3 rings (SSSR count). The van der Waals surface area contributed by atoms with Gasteiger partial charge in [-0.25, -0.2) is 4.68 Å². The third-order valence-corrected chi connectivity index (χ3v) is 4.38. The largest absolute Gasteiger partial charge is 0.329 e. The fourth-order valence-electron chi connectivity index (χ4n) is 2.83. The Morgan fingerprint density at radius 3 is 2.62 bits per heavy atom. The normalized spacial score (nSPS) is 15.5. The Labute approximate surface area is 131 Å².